The maximum Gasteiger partial charge on any atom is 0.232 e. The van der Waals surface area contributed by atoms with Crippen LogP contribution in [0.3, 0.4) is 0 Å². The highest BCUT2D eigenvalue weighted by Crippen LogP contribution is 2.21. The molecular formula is C19H25FN8O2. The van der Waals surface area contributed by atoms with Gasteiger partial charge in [0.25, 0.3) is 0 Å². The first-order valence-electron chi connectivity index (χ1n) is 9.25. The zero-order valence-electron chi connectivity index (χ0n) is 16.9. The number of aliphatic imine (C=N–C) groups is 1. The molecule has 1 saturated heterocycles. The summed E-state index contributed by atoms with van der Waals surface area (Å²) in [6.45, 7) is 5.08. The van der Waals surface area contributed by atoms with Crippen LogP contribution in [0.1, 0.15) is 21.0 Å². The van der Waals surface area contributed by atoms with Gasteiger partial charge in [0.1, 0.15) is 5.84 Å². The van der Waals surface area contributed by atoms with E-state index >= 15 is 0 Å². The predicted octanol–water partition coefficient (Wildman–Crippen LogP) is 2.00. The van der Waals surface area contributed by atoms with E-state index in [-0.39, 0.29) is 25.3 Å². The number of allylic oxidation sites excluding steroid dienone is 1. The van der Waals surface area contributed by atoms with Gasteiger partial charge in [-0.15, -0.1) is 0 Å². The van der Waals surface area contributed by atoms with Crippen molar-refractivity contribution < 1.29 is 15.3 Å². The quantitative estimate of drug-likeness (QED) is 0.539. The Kier molecular flexibility index (Phi) is 6.62. The van der Waals surface area contributed by atoms with Crippen molar-refractivity contribution in [1.82, 2.24) is 19.9 Å². The second kappa shape index (κ2) is 9.35. The molecule has 160 valence electrons. The highest BCUT2D eigenvalue weighted by atomic mass is 19.1. The van der Waals surface area contributed by atoms with Gasteiger partial charge >= 0.3 is 0 Å². The largest absolute Gasteiger partial charge is 0.480 e. The van der Waals surface area contributed by atoms with Crippen molar-refractivity contribution in [2.24, 2.45) is 10.7 Å². The van der Waals surface area contributed by atoms with Crippen molar-refractivity contribution in [2.75, 3.05) is 25.1 Å². The first-order chi connectivity index (χ1) is 14.4. The Morgan fingerprint density at radius 2 is 2.03 bits per heavy atom. The minimum absolute atomic E-state index is 0. The van der Waals surface area contributed by atoms with E-state index in [1.54, 1.807) is 0 Å². The van der Waals surface area contributed by atoms with E-state index in [1.165, 1.54) is 25.6 Å². The third-order valence-electron chi connectivity index (χ3n) is 4.24. The van der Waals surface area contributed by atoms with Gasteiger partial charge in [0.15, 0.2) is 11.6 Å². The number of anilines is 1. The summed E-state index contributed by atoms with van der Waals surface area (Å²) in [5.74, 6) is -0.247. The van der Waals surface area contributed by atoms with E-state index in [0.29, 0.717) is 36.2 Å². The Morgan fingerprint density at radius 3 is 2.63 bits per heavy atom. The smallest absolute Gasteiger partial charge is 0.232 e. The summed E-state index contributed by atoms with van der Waals surface area (Å²) < 4.78 is 24.9. The average Bonchev–Trinajstić information content (AvgIpc) is 2.73. The molecule has 2 atom stereocenters. The summed E-state index contributed by atoms with van der Waals surface area (Å²) in [7, 11) is 1.48. The summed E-state index contributed by atoms with van der Waals surface area (Å²) in [4.78, 5) is 22.5. The fourth-order valence-electron chi connectivity index (χ4n) is 3.00. The Hall–Kier alpha value is -3.47. The van der Waals surface area contributed by atoms with Crippen LogP contribution in [-0.4, -0.2) is 64.4 Å². The van der Waals surface area contributed by atoms with Gasteiger partial charge in [-0.1, -0.05) is 0 Å². The van der Waals surface area contributed by atoms with Crippen LogP contribution in [0.15, 0.2) is 29.7 Å². The number of hydrogen-bond acceptors (Lipinski definition) is 9. The van der Waals surface area contributed by atoms with E-state index < -0.39 is 5.82 Å². The lowest BCUT2D eigenvalue weighted by Gasteiger charge is -2.35. The van der Waals surface area contributed by atoms with Gasteiger partial charge in [-0.05, 0) is 19.9 Å². The Labute approximate surface area is 174 Å². The van der Waals surface area contributed by atoms with Crippen LogP contribution in [0.2, 0.25) is 0 Å². The second-order valence-electron chi connectivity index (χ2n) is 6.73. The molecule has 1 aliphatic heterocycles. The second-order valence-corrected chi connectivity index (χ2v) is 6.73. The van der Waals surface area contributed by atoms with Gasteiger partial charge < -0.3 is 25.5 Å². The molecule has 0 aliphatic carbocycles. The van der Waals surface area contributed by atoms with Gasteiger partial charge in [0.2, 0.25) is 11.8 Å². The van der Waals surface area contributed by atoms with Crippen molar-refractivity contribution in [3.05, 3.63) is 36.2 Å². The van der Waals surface area contributed by atoms with Gasteiger partial charge in [0.05, 0.1) is 43.6 Å². The number of rotatable bonds is 6. The normalized spacial score (nSPS) is 20.2. The van der Waals surface area contributed by atoms with Crippen LogP contribution < -0.4 is 15.4 Å². The molecule has 0 amide bonds. The molecule has 0 bridgehead atoms. The maximum absolute atomic E-state index is 14.2. The predicted molar refractivity (Wildman–Crippen MR) is 113 cm³/mol. The Balaban J connectivity index is 0.00000341. The van der Waals surface area contributed by atoms with Gasteiger partial charge in [-0.3, -0.25) is 0 Å². The zero-order valence-corrected chi connectivity index (χ0v) is 16.9. The molecule has 2 aromatic heterocycles. The minimum Gasteiger partial charge on any atom is -0.480 e. The van der Waals surface area contributed by atoms with Crippen LogP contribution in [0.25, 0.3) is 5.57 Å². The highest BCUT2D eigenvalue weighted by Gasteiger charge is 2.24. The lowest BCUT2D eigenvalue weighted by Crippen LogP contribution is -2.46. The van der Waals surface area contributed by atoms with Crippen LogP contribution in [-0.2, 0) is 4.74 Å². The number of hydrogen-bond donors (Lipinski definition) is 2. The highest BCUT2D eigenvalue weighted by molar-refractivity contribution is 6.15. The first-order valence-corrected chi connectivity index (χ1v) is 9.25. The fourth-order valence-corrected chi connectivity index (χ4v) is 3.00. The van der Waals surface area contributed by atoms with E-state index in [0.717, 1.165) is 12.4 Å². The Morgan fingerprint density at radius 1 is 1.30 bits per heavy atom. The van der Waals surface area contributed by atoms with E-state index in [2.05, 4.69) is 24.9 Å². The molecule has 11 heteroatoms. The molecule has 3 N–H and O–H groups in total. The fraction of sp³-hybridized carbons (Fsp3) is 0.368. The molecule has 0 saturated carbocycles. The molecule has 10 nitrogen and oxygen atoms in total. The molecule has 30 heavy (non-hydrogen) atoms. The number of nitrogens with one attached hydrogen (secondary N) is 1. The molecule has 1 fully saturated rings. The Bertz CT molecular complexity index is 960. The summed E-state index contributed by atoms with van der Waals surface area (Å²) in [6, 6.07) is 0. The number of methoxy groups -OCH3 is 1. The molecule has 2 aromatic rings. The van der Waals surface area contributed by atoms with Crippen LogP contribution in [0.5, 0.6) is 5.88 Å². The van der Waals surface area contributed by atoms with E-state index in [4.69, 9.17) is 20.6 Å². The number of halogens is 1. The number of ether oxygens (including phenoxy) is 2. The molecule has 3 rings (SSSR count). The van der Waals surface area contributed by atoms with Crippen molar-refractivity contribution in [1.29, 1.82) is 5.41 Å². The molecule has 0 aromatic carbocycles. The van der Waals surface area contributed by atoms with Crippen molar-refractivity contribution in [3.8, 4) is 5.88 Å². The molecule has 0 spiro atoms. The lowest BCUT2D eigenvalue weighted by molar-refractivity contribution is -0.00572. The third-order valence-corrected chi connectivity index (χ3v) is 4.24. The number of nitrogens with zero attached hydrogens (tertiary/aromatic N) is 6. The number of nitrogens with two attached hydrogens (primary N) is 1. The van der Waals surface area contributed by atoms with Crippen LogP contribution >= 0.6 is 0 Å². The van der Waals surface area contributed by atoms with E-state index in [1.807, 2.05) is 18.7 Å². The monoisotopic (exact) mass is 416 g/mol. The van der Waals surface area contributed by atoms with Crippen LogP contribution in [0, 0.1) is 11.2 Å². The molecule has 3 heterocycles. The van der Waals surface area contributed by atoms with Gasteiger partial charge in [-0.25, -0.2) is 24.3 Å². The van der Waals surface area contributed by atoms with Crippen molar-refractivity contribution in [3.63, 3.8) is 0 Å². The first kappa shape index (κ1) is 21.2. The summed E-state index contributed by atoms with van der Waals surface area (Å²) >= 11 is 0. The molecule has 0 radical (unpaired) electrons. The van der Waals surface area contributed by atoms with Crippen molar-refractivity contribution >= 4 is 29.4 Å². The third kappa shape index (κ3) is 5.11. The van der Waals surface area contributed by atoms with Crippen molar-refractivity contribution in [2.45, 2.75) is 26.1 Å². The standard InChI is InChI=1S/C19H23FN8O2.H2/c1-11-9-28(10-12(2)30-11)19-25-6-14(20)18(27-19)26-16(22)4-13(5-21)15-7-24-17(29-3)8-23-15;/h4-8,11-12,21H,9-10H2,1-3H3,(H2,22,25,26,27);1H/b13-4+,21-5?;/t11-,12+;. The molecular weight excluding hydrogens is 391 g/mol. The average molecular weight is 416 g/mol. The van der Waals surface area contributed by atoms with Crippen LogP contribution in [0.4, 0.5) is 16.2 Å². The molecule has 0 unspecified atom stereocenters. The number of morpholine rings is 1. The van der Waals surface area contributed by atoms with E-state index in [9.17, 15) is 4.39 Å². The summed E-state index contributed by atoms with van der Waals surface area (Å²) in [6.07, 6.45) is 6.37. The molecule has 1 aliphatic rings. The minimum atomic E-state index is -0.704. The number of amidine groups is 1. The van der Waals surface area contributed by atoms with Gasteiger partial charge in [0, 0.05) is 26.3 Å². The maximum atomic E-state index is 14.2. The summed E-state index contributed by atoms with van der Waals surface area (Å²) in [5, 5.41) is 7.60. The number of aromatic nitrogens is 4. The van der Waals surface area contributed by atoms with Gasteiger partial charge in [-0.2, -0.15) is 4.98 Å². The zero-order chi connectivity index (χ0) is 21.7. The summed E-state index contributed by atoms with van der Waals surface area (Å²) in [5.41, 5.74) is 6.69. The SMILES string of the molecule is COc1cnc(/C(C=N)=C/C(N)=Nc2nc(N3C[C@@H](C)O[C@@H](C)C3)ncc2F)cn1.[HH]. The topological polar surface area (TPSA) is 135 Å². The lowest BCUT2D eigenvalue weighted by atomic mass is 10.2.